The smallest absolute Gasteiger partial charge is 0.180 e. The molecule has 0 amide bonds. The van der Waals surface area contributed by atoms with Crippen LogP contribution in [0.15, 0.2) is 366 Å². The Morgan fingerprint density at radius 2 is 0.795 bits per heavy atom. The first-order valence-electron chi connectivity index (χ1n) is 37.3. The Kier molecular flexibility index (Phi) is 17.7. The molecule has 112 heavy (non-hydrogen) atoms. The number of hydrogen-bond acceptors (Lipinski definition) is 14. The van der Waals surface area contributed by atoms with Crippen LogP contribution in [-0.2, 0) is 0 Å². The van der Waals surface area contributed by atoms with Crippen molar-refractivity contribution < 1.29 is 8.83 Å². The summed E-state index contributed by atoms with van der Waals surface area (Å²) in [4.78, 5) is 52.6. The number of hydrogen-bond donors (Lipinski definition) is 0. The van der Waals surface area contributed by atoms with Crippen LogP contribution in [0.3, 0.4) is 0 Å². The van der Waals surface area contributed by atoms with Crippen molar-refractivity contribution in [3.63, 3.8) is 0 Å². The zero-order chi connectivity index (χ0) is 74.3. The third-order valence-electron chi connectivity index (χ3n) is 20.4. The van der Waals surface area contributed by atoms with Crippen LogP contribution < -0.4 is 0 Å². The molecule has 3 aliphatic rings. The van der Waals surface area contributed by atoms with E-state index in [-0.39, 0.29) is 11.2 Å². The van der Waals surface area contributed by atoms with Crippen LogP contribution in [0.5, 0.6) is 0 Å². The van der Waals surface area contributed by atoms with E-state index in [1.165, 1.54) is 16.0 Å². The van der Waals surface area contributed by atoms with Crippen molar-refractivity contribution in [1.29, 1.82) is 0 Å². The Bertz CT molecular complexity index is 6820. The highest BCUT2D eigenvalue weighted by molar-refractivity contribution is 8.01. The quantitative estimate of drug-likeness (QED) is 0.121. The van der Waals surface area contributed by atoms with Gasteiger partial charge >= 0.3 is 0 Å². The fourth-order valence-corrected chi connectivity index (χ4v) is 17.8. The fraction of sp³-hybridized carbons (Fsp3) is 0.0408. The minimum absolute atomic E-state index is 0.0689. The molecule has 0 N–H and O–H groups in total. The van der Waals surface area contributed by atoms with E-state index in [1.807, 2.05) is 200 Å². The van der Waals surface area contributed by atoms with E-state index < -0.39 is 0 Å². The molecule has 2 aliphatic carbocycles. The van der Waals surface area contributed by atoms with E-state index >= 15 is 0 Å². The summed E-state index contributed by atoms with van der Waals surface area (Å²) in [6.45, 7) is 0. The number of thiophene rings is 1. The number of fused-ring (bicyclic) bond motifs is 12. The van der Waals surface area contributed by atoms with E-state index in [4.69, 9.17) is 58.7 Å². The Morgan fingerprint density at radius 1 is 0.339 bits per heavy atom. The summed E-state index contributed by atoms with van der Waals surface area (Å²) in [7, 11) is 0. The number of para-hydroxylation sites is 2. The van der Waals surface area contributed by atoms with Crippen molar-refractivity contribution in [3.8, 4) is 102 Å². The lowest BCUT2D eigenvalue weighted by molar-refractivity contribution is 0.664. The molecular formula is C98H64N10O2S2. The molecule has 1 aliphatic heterocycles. The number of allylic oxidation sites excluding steroid dienone is 7. The second-order valence-corrected chi connectivity index (χ2v) is 29.6. The van der Waals surface area contributed by atoms with Crippen molar-refractivity contribution in [1.82, 2.24) is 49.8 Å². The van der Waals surface area contributed by atoms with Crippen LogP contribution in [0, 0.1) is 0 Å². The summed E-state index contributed by atoms with van der Waals surface area (Å²) < 4.78 is 15.0. The van der Waals surface area contributed by atoms with Crippen LogP contribution in [0.2, 0.25) is 0 Å². The van der Waals surface area contributed by atoms with E-state index in [0.717, 1.165) is 144 Å². The van der Waals surface area contributed by atoms with Gasteiger partial charge in [-0.2, -0.15) is 0 Å². The second kappa shape index (κ2) is 29.5. The van der Waals surface area contributed by atoms with Crippen LogP contribution in [-0.4, -0.2) is 55.1 Å². The minimum Gasteiger partial charge on any atom is -0.452 e. The molecule has 530 valence electrons. The molecule has 0 radical (unpaired) electrons. The molecule has 0 saturated heterocycles. The molecule has 8 heterocycles. The van der Waals surface area contributed by atoms with Gasteiger partial charge in [-0.25, -0.2) is 49.8 Å². The predicted octanol–water partition coefficient (Wildman–Crippen LogP) is 25.1. The molecule has 19 aromatic rings. The molecule has 0 saturated carbocycles. The molecule has 0 bridgehead atoms. The lowest BCUT2D eigenvalue weighted by Gasteiger charge is -2.23. The van der Waals surface area contributed by atoms with Gasteiger partial charge in [-0.3, -0.25) is 0 Å². The number of aromatic nitrogens is 10. The number of thioether (sulfide) groups is 1. The molecule has 0 fully saturated rings. The maximum Gasteiger partial charge on any atom is 0.180 e. The lowest BCUT2D eigenvalue weighted by Crippen LogP contribution is -2.18. The standard InChI is InChI=1S/C49H31N5OS.C43H27N5OS.C6H6/c1-4-14-30(15-5-1)31-26-28-34(29-27-31)47-52-46(33-18-8-3-9-19-33)53-48(54-47)37-22-13-25-40-41(37)36-21-12-23-38(45(36)56-40)49-50-42(32-16-6-2-7-17-32)44-43(51-49)35-20-10-11-24-39(35)55-44;1-4-14-26(15-5-1)36-38-37(29-20-10-11-24-33(29)49-38)45-43(44-36)32-23-12-21-30-35-31(22-13-25-34(35)50-39(30)32)42-47-40(27-16-6-2-7-17-27)46-41(48-42)28-18-8-3-9-19-28;1-2-4-6-5-3-1/h1,3-6,8-29H,2,7H2;1-25,32,39H;1-6H. The van der Waals surface area contributed by atoms with Crippen molar-refractivity contribution in [2.24, 2.45) is 0 Å². The van der Waals surface area contributed by atoms with Gasteiger partial charge in [0.25, 0.3) is 0 Å². The molecule has 7 aromatic heterocycles. The molecule has 0 spiro atoms. The van der Waals surface area contributed by atoms with E-state index in [1.54, 1.807) is 11.3 Å². The predicted molar refractivity (Wildman–Crippen MR) is 456 cm³/mol. The number of rotatable bonds is 11. The zero-order valence-electron chi connectivity index (χ0n) is 60.2. The van der Waals surface area contributed by atoms with E-state index in [0.29, 0.717) is 51.9 Å². The zero-order valence-corrected chi connectivity index (χ0v) is 61.8. The van der Waals surface area contributed by atoms with E-state index in [9.17, 15) is 0 Å². The maximum atomic E-state index is 6.42. The largest absolute Gasteiger partial charge is 0.452 e. The monoisotopic (exact) mass is 1480 g/mol. The molecule has 12 aromatic carbocycles. The Morgan fingerprint density at radius 3 is 1.39 bits per heavy atom. The third kappa shape index (κ3) is 12.8. The number of benzene rings is 12. The van der Waals surface area contributed by atoms with Gasteiger partial charge in [0.05, 0.1) is 5.92 Å². The van der Waals surface area contributed by atoms with E-state index in [2.05, 4.69) is 164 Å². The van der Waals surface area contributed by atoms with Crippen molar-refractivity contribution in [2.75, 3.05) is 0 Å². The second-order valence-electron chi connectivity index (χ2n) is 27.4. The fourth-order valence-electron chi connectivity index (χ4n) is 15.1. The molecular weight excluding hydrogens is 1410 g/mol. The summed E-state index contributed by atoms with van der Waals surface area (Å²) in [6.07, 6.45) is 15.2. The normalized spacial score (nSPS) is 14.2. The summed E-state index contributed by atoms with van der Waals surface area (Å²) in [5.41, 5.74) is 19.7. The van der Waals surface area contributed by atoms with Gasteiger partial charge in [-0.15, -0.1) is 23.1 Å². The first-order chi connectivity index (χ1) is 55.5. The van der Waals surface area contributed by atoms with Crippen LogP contribution in [0.25, 0.3) is 178 Å². The van der Waals surface area contributed by atoms with Crippen LogP contribution >= 0.6 is 23.1 Å². The van der Waals surface area contributed by atoms with Gasteiger partial charge in [-0.05, 0) is 77.6 Å². The molecule has 12 nitrogen and oxygen atoms in total. The summed E-state index contributed by atoms with van der Waals surface area (Å²) in [5.74, 6) is 5.19. The lowest BCUT2D eigenvalue weighted by atomic mass is 9.87. The summed E-state index contributed by atoms with van der Waals surface area (Å²) in [6, 6.07) is 107. The van der Waals surface area contributed by atoms with Crippen molar-refractivity contribution in [3.05, 3.63) is 369 Å². The van der Waals surface area contributed by atoms with Gasteiger partial charge in [0, 0.05) is 91.2 Å². The molecule has 2 atom stereocenters. The highest BCUT2D eigenvalue weighted by atomic mass is 32.2. The number of furan rings is 2. The summed E-state index contributed by atoms with van der Waals surface area (Å²) >= 11 is 3.59. The first-order valence-corrected chi connectivity index (χ1v) is 39.0. The van der Waals surface area contributed by atoms with Crippen molar-refractivity contribution in [2.45, 2.75) is 28.9 Å². The van der Waals surface area contributed by atoms with Gasteiger partial charge < -0.3 is 8.83 Å². The highest BCUT2D eigenvalue weighted by Crippen LogP contribution is 2.55. The SMILES string of the molecule is C1=CC(c2nc(-c3cccc4c3sc3cccc(-c5nc(-c6ccccc6)nc(-c6ccc(-c7ccccc7)cc6)n5)c34)nc3c2oc2ccccc23)=CCC1.C1=CC(c2nc(-c3ccccc3)c3oc4ccccc4c3n2)C2Sc3cccc(-c4nc(-c5ccccc5)nc(-c5ccccc5)n4)c3C2=C1.c1ccccc1. The maximum absolute atomic E-state index is 6.42. The third-order valence-corrected chi connectivity index (χ3v) is 23.0. The molecule has 2 unspecified atom stereocenters. The van der Waals surface area contributed by atoms with Crippen LogP contribution in [0.4, 0.5) is 0 Å². The van der Waals surface area contributed by atoms with Crippen molar-refractivity contribution >= 4 is 98.6 Å². The average molecular weight is 1480 g/mol. The topological polar surface area (TPSA) is 155 Å². The van der Waals surface area contributed by atoms with Gasteiger partial charge in [0.2, 0.25) is 0 Å². The van der Waals surface area contributed by atoms with Gasteiger partial charge in [0.1, 0.15) is 39.4 Å². The van der Waals surface area contributed by atoms with Crippen LogP contribution in [0.1, 0.15) is 35.8 Å². The average Bonchev–Trinajstić information content (AvgIpc) is 1.58. The number of nitrogens with zero attached hydrogens (tertiary/aromatic N) is 10. The molecule has 14 heteroatoms. The Balaban J connectivity index is 0.000000136. The molecule has 22 rings (SSSR count). The summed E-state index contributed by atoms with van der Waals surface area (Å²) in [5, 5.41) is 4.24. The highest BCUT2D eigenvalue weighted by Gasteiger charge is 2.39. The van der Waals surface area contributed by atoms with Gasteiger partial charge in [0.15, 0.2) is 51.9 Å². The Hall–Kier alpha value is -14.1. The Labute approximate surface area is 652 Å². The minimum atomic E-state index is -0.0705. The first kappa shape index (κ1) is 67.3. The van der Waals surface area contributed by atoms with Gasteiger partial charge in [-0.1, -0.05) is 309 Å².